The normalized spacial score (nSPS) is 15.4. The second-order valence-electron chi connectivity index (χ2n) is 11.2. The highest BCUT2D eigenvalue weighted by Crippen LogP contribution is 2.30. The molecule has 1 aliphatic heterocycles. The summed E-state index contributed by atoms with van der Waals surface area (Å²) in [7, 11) is -3.44. The van der Waals surface area contributed by atoms with Crippen molar-refractivity contribution in [3.63, 3.8) is 0 Å². The number of hydrogen-bond acceptors (Lipinski definition) is 6. The third-order valence-electron chi connectivity index (χ3n) is 7.97. The lowest BCUT2D eigenvalue weighted by Gasteiger charge is -2.27. The minimum Gasteiger partial charge on any atom is -0.346 e. The van der Waals surface area contributed by atoms with Crippen LogP contribution in [0, 0.1) is 13.8 Å². The minimum atomic E-state index is -3.44. The van der Waals surface area contributed by atoms with E-state index in [2.05, 4.69) is 19.9 Å². The molecule has 1 aliphatic rings. The predicted molar refractivity (Wildman–Crippen MR) is 167 cm³/mol. The van der Waals surface area contributed by atoms with Crippen LogP contribution in [0.5, 0.6) is 0 Å². The number of carbonyl (C=O) groups excluding carboxylic acids is 1. The van der Waals surface area contributed by atoms with Gasteiger partial charge in [-0.1, -0.05) is 42.5 Å². The summed E-state index contributed by atoms with van der Waals surface area (Å²) in [6.07, 6.45) is 4.65. The van der Waals surface area contributed by atoms with Gasteiger partial charge < -0.3 is 10.2 Å². The Balaban J connectivity index is 1.44. The average molecular weight is 588 g/mol. The number of rotatable bonds is 9. The van der Waals surface area contributed by atoms with Crippen molar-refractivity contribution in [1.82, 2.24) is 19.8 Å². The molecule has 2 heterocycles. The fourth-order valence-corrected chi connectivity index (χ4v) is 6.15. The van der Waals surface area contributed by atoms with E-state index in [4.69, 9.17) is 0 Å². The molecule has 10 heteroatoms. The van der Waals surface area contributed by atoms with Crippen molar-refractivity contribution in [3.05, 3.63) is 93.9 Å². The van der Waals surface area contributed by atoms with Gasteiger partial charge in [0.15, 0.2) is 0 Å². The quantitative estimate of drug-likeness (QED) is 0.297. The van der Waals surface area contributed by atoms with E-state index < -0.39 is 16.1 Å². The molecule has 0 saturated carbocycles. The van der Waals surface area contributed by atoms with Gasteiger partial charge in [0, 0.05) is 12.1 Å². The number of nitrogens with one attached hydrogen (secondary N) is 2. The standard InChI is InChI=1S/C32H37N5O4S/c1-21-17-28-30(18-22(21)2)37(31(38)19-33-28)23(3)32(39)34-29(20-36-15-7-8-16-36)25-13-11-24(12-14-25)26-9-5-6-10-27(26)35-42(4,40)41/h5-6,9-14,17-19,23,29,35H,7-8,15-16,20H2,1-4H3,(H,34,39). The first kappa shape index (κ1) is 29.5. The first-order chi connectivity index (χ1) is 20.0. The van der Waals surface area contributed by atoms with Gasteiger partial charge in [0.1, 0.15) is 6.04 Å². The Morgan fingerprint density at radius 1 is 1.00 bits per heavy atom. The van der Waals surface area contributed by atoms with Gasteiger partial charge in [-0.05, 0) is 87.2 Å². The zero-order chi connectivity index (χ0) is 30.0. The van der Waals surface area contributed by atoms with E-state index in [9.17, 15) is 18.0 Å². The Morgan fingerprint density at radius 2 is 1.67 bits per heavy atom. The molecule has 4 aromatic rings. The number of hydrogen-bond donors (Lipinski definition) is 2. The fourth-order valence-electron chi connectivity index (χ4n) is 5.57. The molecule has 1 aromatic heterocycles. The highest BCUT2D eigenvalue weighted by molar-refractivity contribution is 7.92. The monoisotopic (exact) mass is 587 g/mol. The number of sulfonamides is 1. The summed E-state index contributed by atoms with van der Waals surface area (Å²) in [6.45, 7) is 8.31. The summed E-state index contributed by atoms with van der Waals surface area (Å²) >= 11 is 0. The minimum absolute atomic E-state index is 0.251. The topological polar surface area (TPSA) is 113 Å². The first-order valence-electron chi connectivity index (χ1n) is 14.2. The number of anilines is 1. The summed E-state index contributed by atoms with van der Waals surface area (Å²) in [4.78, 5) is 33.4. The molecule has 2 unspecified atom stereocenters. The first-order valence-corrected chi connectivity index (χ1v) is 16.1. The van der Waals surface area contributed by atoms with E-state index in [1.165, 1.54) is 10.8 Å². The van der Waals surface area contributed by atoms with Crippen molar-refractivity contribution < 1.29 is 13.2 Å². The van der Waals surface area contributed by atoms with Gasteiger partial charge in [0.2, 0.25) is 15.9 Å². The molecule has 0 aliphatic carbocycles. The van der Waals surface area contributed by atoms with Crippen LogP contribution in [0.2, 0.25) is 0 Å². The molecule has 3 aromatic carbocycles. The maximum atomic E-state index is 13.7. The number of likely N-dealkylation sites (tertiary alicyclic amines) is 1. The smallest absolute Gasteiger partial charge is 0.270 e. The summed E-state index contributed by atoms with van der Waals surface area (Å²) in [5.74, 6) is -0.251. The number of amides is 1. The van der Waals surface area contributed by atoms with E-state index in [1.807, 2.05) is 62.4 Å². The molecule has 0 bridgehead atoms. The molecule has 1 saturated heterocycles. The lowest BCUT2D eigenvalue weighted by atomic mass is 9.99. The van der Waals surface area contributed by atoms with E-state index in [-0.39, 0.29) is 17.5 Å². The van der Waals surface area contributed by atoms with Crippen LogP contribution < -0.4 is 15.6 Å². The fraction of sp³-hybridized carbons (Fsp3) is 0.344. The second kappa shape index (κ2) is 12.1. The Morgan fingerprint density at radius 3 is 2.36 bits per heavy atom. The SMILES string of the molecule is Cc1cc2ncc(=O)n(C(C)C(=O)NC(CN3CCCC3)c3ccc(-c4ccccc4NS(C)(=O)=O)cc3)c2cc1C. The lowest BCUT2D eigenvalue weighted by molar-refractivity contribution is -0.124. The van der Waals surface area contributed by atoms with Gasteiger partial charge >= 0.3 is 0 Å². The summed E-state index contributed by atoms with van der Waals surface area (Å²) < 4.78 is 27.9. The zero-order valence-electron chi connectivity index (χ0n) is 24.4. The van der Waals surface area contributed by atoms with E-state index in [0.717, 1.165) is 60.0 Å². The van der Waals surface area contributed by atoms with Crippen LogP contribution in [0.25, 0.3) is 22.2 Å². The third kappa shape index (κ3) is 6.55. The molecule has 5 rings (SSSR count). The van der Waals surface area contributed by atoms with Crippen LogP contribution in [0.15, 0.2) is 71.7 Å². The third-order valence-corrected chi connectivity index (χ3v) is 8.56. The summed E-state index contributed by atoms with van der Waals surface area (Å²) in [5.41, 5.74) is 6.13. The van der Waals surface area contributed by atoms with Crippen molar-refractivity contribution in [2.45, 2.75) is 45.7 Å². The van der Waals surface area contributed by atoms with Crippen molar-refractivity contribution in [2.75, 3.05) is 30.6 Å². The summed E-state index contributed by atoms with van der Waals surface area (Å²) in [5, 5.41) is 3.23. The maximum absolute atomic E-state index is 13.7. The number of para-hydroxylation sites is 1. The molecule has 2 atom stereocenters. The highest BCUT2D eigenvalue weighted by atomic mass is 32.2. The zero-order valence-corrected chi connectivity index (χ0v) is 25.2. The van der Waals surface area contributed by atoms with Gasteiger partial charge in [-0.25, -0.2) is 13.4 Å². The van der Waals surface area contributed by atoms with Crippen molar-refractivity contribution >= 4 is 32.7 Å². The molecule has 1 fully saturated rings. The molecule has 0 spiro atoms. The van der Waals surface area contributed by atoms with Crippen molar-refractivity contribution in [2.24, 2.45) is 0 Å². The molecule has 1 amide bonds. The highest BCUT2D eigenvalue weighted by Gasteiger charge is 2.25. The molecule has 42 heavy (non-hydrogen) atoms. The van der Waals surface area contributed by atoms with Crippen LogP contribution in [0.3, 0.4) is 0 Å². The number of fused-ring (bicyclic) bond motifs is 1. The van der Waals surface area contributed by atoms with Crippen LogP contribution in [-0.2, 0) is 14.8 Å². The predicted octanol–water partition coefficient (Wildman–Crippen LogP) is 4.57. The van der Waals surface area contributed by atoms with Crippen molar-refractivity contribution in [3.8, 4) is 11.1 Å². The molecule has 220 valence electrons. The van der Waals surface area contributed by atoms with Crippen LogP contribution in [0.1, 0.15) is 48.5 Å². The van der Waals surface area contributed by atoms with Gasteiger partial charge in [-0.15, -0.1) is 0 Å². The van der Waals surface area contributed by atoms with Gasteiger partial charge in [-0.2, -0.15) is 0 Å². The number of aromatic nitrogens is 2. The lowest BCUT2D eigenvalue weighted by Crippen LogP contribution is -2.41. The van der Waals surface area contributed by atoms with Gasteiger partial charge in [-0.3, -0.25) is 18.9 Å². The van der Waals surface area contributed by atoms with Crippen LogP contribution in [0.4, 0.5) is 5.69 Å². The van der Waals surface area contributed by atoms with Crippen molar-refractivity contribution in [1.29, 1.82) is 0 Å². The van der Waals surface area contributed by atoms with Crippen LogP contribution >= 0.6 is 0 Å². The number of carbonyl (C=O) groups is 1. The largest absolute Gasteiger partial charge is 0.346 e. The van der Waals surface area contributed by atoms with E-state index in [0.29, 0.717) is 23.3 Å². The number of nitrogens with zero attached hydrogens (tertiary/aromatic N) is 3. The average Bonchev–Trinajstić information content (AvgIpc) is 3.46. The number of benzene rings is 3. The second-order valence-corrected chi connectivity index (χ2v) is 12.9. The molecular formula is C32H37N5O4S. The molecule has 9 nitrogen and oxygen atoms in total. The van der Waals surface area contributed by atoms with Crippen LogP contribution in [-0.4, -0.2) is 54.7 Å². The Hall–Kier alpha value is -4.02. The van der Waals surface area contributed by atoms with Gasteiger partial charge in [0.05, 0.1) is 35.2 Å². The Labute approximate surface area is 246 Å². The maximum Gasteiger partial charge on any atom is 0.270 e. The van der Waals surface area contributed by atoms with E-state index in [1.54, 1.807) is 19.1 Å². The number of aryl methyl sites for hydroxylation is 2. The molecule has 2 N–H and O–H groups in total. The van der Waals surface area contributed by atoms with Gasteiger partial charge in [0.25, 0.3) is 5.56 Å². The Bertz CT molecular complexity index is 1780. The Kier molecular flexibility index (Phi) is 8.47. The molecule has 0 radical (unpaired) electrons. The summed E-state index contributed by atoms with van der Waals surface area (Å²) in [6, 6.07) is 17.9. The van der Waals surface area contributed by atoms with E-state index >= 15 is 0 Å². The molecular weight excluding hydrogens is 550 g/mol.